The Balaban J connectivity index is 1.53. The highest BCUT2D eigenvalue weighted by Crippen LogP contribution is 2.36. The summed E-state index contributed by atoms with van der Waals surface area (Å²) in [5.41, 5.74) is 0. The Morgan fingerprint density at radius 2 is 1.95 bits per heavy atom. The van der Waals surface area contributed by atoms with E-state index in [1.54, 1.807) is 0 Å². The van der Waals surface area contributed by atoms with Crippen LogP contribution in [0.3, 0.4) is 0 Å². The minimum absolute atomic E-state index is 0.447. The van der Waals surface area contributed by atoms with Gasteiger partial charge in [0, 0.05) is 19.0 Å². The molecule has 3 unspecified atom stereocenters. The molecular weight excluding hydrogens is 260 g/mol. The lowest BCUT2D eigenvalue weighted by Gasteiger charge is -2.33. The largest absolute Gasteiger partial charge is 0.339 e. The van der Waals surface area contributed by atoms with Crippen LogP contribution in [0.15, 0.2) is 0 Å². The van der Waals surface area contributed by atoms with Crippen molar-refractivity contribution in [3.63, 3.8) is 0 Å². The highest BCUT2D eigenvalue weighted by molar-refractivity contribution is 5.77. The van der Waals surface area contributed by atoms with E-state index in [1.165, 1.54) is 51.4 Å². The monoisotopic (exact) mass is 292 g/mol. The Hall–Kier alpha value is -0.570. The minimum atomic E-state index is 0.447. The van der Waals surface area contributed by atoms with Crippen molar-refractivity contribution in [1.29, 1.82) is 0 Å². The molecule has 1 saturated carbocycles. The summed E-state index contributed by atoms with van der Waals surface area (Å²) in [6.45, 7) is 5.58. The van der Waals surface area contributed by atoms with Gasteiger partial charge in [0.2, 0.25) is 5.91 Å². The van der Waals surface area contributed by atoms with Crippen LogP contribution < -0.4 is 5.32 Å². The highest BCUT2D eigenvalue weighted by Gasteiger charge is 2.36. The van der Waals surface area contributed by atoms with Crippen LogP contribution in [0, 0.1) is 17.8 Å². The third-order valence-corrected chi connectivity index (χ3v) is 6.20. The van der Waals surface area contributed by atoms with E-state index < -0.39 is 0 Å². The first-order chi connectivity index (χ1) is 10.3. The van der Waals surface area contributed by atoms with Gasteiger partial charge in [-0.15, -0.1) is 0 Å². The Morgan fingerprint density at radius 3 is 2.67 bits per heavy atom. The second-order valence-electron chi connectivity index (χ2n) is 7.63. The molecule has 2 saturated heterocycles. The molecule has 2 heterocycles. The zero-order valence-corrected chi connectivity index (χ0v) is 13.7. The van der Waals surface area contributed by atoms with Gasteiger partial charge < -0.3 is 10.2 Å². The van der Waals surface area contributed by atoms with Crippen molar-refractivity contribution in [2.24, 2.45) is 17.8 Å². The van der Waals surface area contributed by atoms with Gasteiger partial charge >= 0.3 is 0 Å². The van der Waals surface area contributed by atoms with Crippen molar-refractivity contribution in [2.75, 3.05) is 19.6 Å². The summed E-state index contributed by atoms with van der Waals surface area (Å²) in [6, 6.07) is 0.580. The first kappa shape index (κ1) is 15.3. The zero-order valence-electron chi connectivity index (χ0n) is 13.7. The molecule has 3 fully saturated rings. The van der Waals surface area contributed by atoms with Crippen LogP contribution >= 0.6 is 0 Å². The summed E-state index contributed by atoms with van der Waals surface area (Å²) in [5, 5.41) is 3.49. The van der Waals surface area contributed by atoms with Crippen LogP contribution in [-0.4, -0.2) is 36.5 Å². The van der Waals surface area contributed by atoms with Gasteiger partial charge in [-0.2, -0.15) is 0 Å². The standard InChI is InChI=1S/C18H32N2O/c1-14(16-8-4-10-19-13-16)12-18(21)20-11-5-9-17(20)15-6-2-3-7-15/h14-17,19H,2-13H2,1H3. The van der Waals surface area contributed by atoms with Gasteiger partial charge in [-0.25, -0.2) is 0 Å². The number of piperidine rings is 1. The van der Waals surface area contributed by atoms with E-state index in [4.69, 9.17) is 0 Å². The van der Waals surface area contributed by atoms with Gasteiger partial charge in [0.15, 0.2) is 0 Å². The smallest absolute Gasteiger partial charge is 0.223 e. The highest BCUT2D eigenvalue weighted by atomic mass is 16.2. The maximum atomic E-state index is 12.8. The van der Waals surface area contributed by atoms with Crippen molar-refractivity contribution in [2.45, 2.75) is 70.8 Å². The summed E-state index contributed by atoms with van der Waals surface area (Å²) >= 11 is 0. The van der Waals surface area contributed by atoms with Crippen LogP contribution in [0.1, 0.15) is 64.7 Å². The molecule has 0 aromatic heterocycles. The average Bonchev–Trinajstić information content (AvgIpc) is 3.18. The molecule has 120 valence electrons. The predicted molar refractivity (Wildman–Crippen MR) is 86.1 cm³/mol. The van der Waals surface area contributed by atoms with Crippen molar-refractivity contribution in [3.8, 4) is 0 Å². The normalized spacial score (nSPS) is 32.5. The average molecular weight is 292 g/mol. The molecule has 3 aliphatic rings. The molecule has 3 rings (SSSR count). The summed E-state index contributed by atoms with van der Waals surface area (Å²) < 4.78 is 0. The van der Waals surface area contributed by atoms with Gasteiger partial charge in [0.1, 0.15) is 0 Å². The molecule has 1 N–H and O–H groups in total. The van der Waals surface area contributed by atoms with E-state index in [0.29, 0.717) is 23.8 Å². The number of hydrogen-bond donors (Lipinski definition) is 1. The van der Waals surface area contributed by atoms with Gasteiger partial charge in [-0.05, 0) is 69.4 Å². The van der Waals surface area contributed by atoms with Crippen LogP contribution in [-0.2, 0) is 4.79 Å². The molecule has 1 aliphatic carbocycles. The van der Waals surface area contributed by atoms with Crippen molar-refractivity contribution in [1.82, 2.24) is 10.2 Å². The zero-order chi connectivity index (χ0) is 14.7. The molecular formula is C18H32N2O. The third-order valence-electron chi connectivity index (χ3n) is 6.20. The third kappa shape index (κ3) is 3.61. The van der Waals surface area contributed by atoms with Crippen LogP contribution in [0.5, 0.6) is 0 Å². The van der Waals surface area contributed by atoms with Gasteiger partial charge in [-0.3, -0.25) is 4.79 Å². The van der Waals surface area contributed by atoms with Crippen molar-refractivity contribution < 1.29 is 4.79 Å². The van der Waals surface area contributed by atoms with E-state index in [2.05, 4.69) is 17.1 Å². The maximum Gasteiger partial charge on any atom is 0.223 e. The van der Waals surface area contributed by atoms with Gasteiger partial charge in [0.05, 0.1) is 0 Å². The van der Waals surface area contributed by atoms with Crippen LogP contribution in [0.2, 0.25) is 0 Å². The number of carbonyl (C=O) groups is 1. The molecule has 3 nitrogen and oxygen atoms in total. The maximum absolute atomic E-state index is 12.8. The number of amides is 1. The Morgan fingerprint density at radius 1 is 1.14 bits per heavy atom. The number of rotatable bonds is 4. The van der Waals surface area contributed by atoms with E-state index in [1.807, 2.05) is 0 Å². The van der Waals surface area contributed by atoms with Crippen molar-refractivity contribution >= 4 is 5.91 Å². The topological polar surface area (TPSA) is 32.3 Å². The molecule has 0 aromatic rings. The second kappa shape index (κ2) is 7.13. The summed E-state index contributed by atoms with van der Waals surface area (Å²) in [4.78, 5) is 15.0. The molecule has 21 heavy (non-hydrogen) atoms. The molecule has 2 aliphatic heterocycles. The number of likely N-dealkylation sites (tertiary alicyclic amines) is 1. The second-order valence-corrected chi connectivity index (χ2v) is 7.63. The first-order valence-corrected chi connectivity index (χ1v) is 9.26. The number of nitrogens with one attached hydrogen (secondary N) is 1. The molecule has 0 aromatic carbocycles. The molecule has 3 atom stereocenters. The first-order valence-electron chi connectivity index (χ1n) is 9.26. The Kier molecular flexibility index (Phi) is 5.20. The van der Waals surface area contributed by atoms with Crippen LogP contribution in [0.25, 0.3) is 0 Å². The van der Waals surface area contributed by atoms with E-state index in [0.717, 1.165) is 32.0 Å². The quantitative estimate of drug-likeness (QED) is 0.863. The SMILES string of the molecule is CC(CC(=O)N1CCCC1C1CCCC1)C1CCCNC1. The lowest BCUT2D eigenvalue weighted by atomic mass is 9.85. The predicted octanol–water partition coefficient (Wildman–Crippen LogP) is 3.19. The van der Waals surface area contributed by atoms with E-state index >= 15 is 0 Å². The fourth-order valence-corrected chi connectivity index (χ4v) is 4.86. The fraction of sp³-hybridized carbons (Fsp3) is 0.944. The summed E-state index contributed by atoms with van der Waals surface area (Å²) in [6.07, 6.45) is 11.3. The van der Waals surface area contributed by atoms with Crippen LogP contribution in [0.4, 0.5) is 0 Å². The van der Waals surface area contributed by atoms with Gasteiger partial charge in [-0.1, -0.05) is 19.8 Å². The summed E-state index contributed by atoms with van der Waals surface area (Å²) in [5.74, 6) is 2.50. The Bertz CT molecular complexity index is 345. The number of hydrogen-bond acceptors (Lipinski definition) is 2. The molecule has 0 bridgehead atoms. The molecule has 1 amide bonds. The Labute approximate surface area is 129 Å². The van der Waals surface area contributed by atoms with E-state index in [-0.39, 0.29) is 0 Å². The summed E-state index contributed by atoms with van der Waals surface area (Å²) in [7, 11) is 0. The number of nitrogens with zero attached hydrogens (tertiary/aromatic N) is 1. The number of carbonyl (C=O) groups excluding carboxylic acids is 1. The molecule has 0 spiro atoms. The van der Waals surface area contributed by atoms with E-state index in [9.17, 15) is 4.79 Å². The van der Waals surface area contributed by atoms with Gasteiger partial charge in [0.25, 0.3) is 0 Å². The lowest BCUT2D eigenvalue weighted by molar-refractivity contribution is -0.134. The molecule has 3 heteroatoms. The lowest BCUT2D eigenvalue weighted by Crippen LogP contribution is -2.41. The van der Waals surface area contributed by atoms with Crippen molar-refractivity contribution in [3.05, 3.63) is 0 Å². The minimum Gasteiger partial charge on any atom is -0.339 e. The fourth-order valence-electron chi connectivity index (χ4n) is 4.86. The molecule has 0 radical (unpaired) electrons.